The Kier molecular flexibility index (Phi) is 16.1. The second-order valence-corrected chi connectivity index (χ2v) is 18.4. The minimum absolute atomic E-state index is 0.0569. The van der Waals surface area contributed by atoms with Crippen molar-refractivity contribution in [3.63, 3.8) is 0 Å². The molecule has 1 unspecified atom stereocenters. The number of nitrogens with one attached hydrogen (secondary N) is 1. The van der Waals surface area contributed by atoms with Crippen molar-refractivity contribution in [3.05, 3.63) is 130 Å². The molecule has 0 bridgehead atoms. The van der Waals surface area contributed by atoms with Crippen LogP contribution in [-0.2, 0) is 24.0 Å². The number of benzene rings is 4. The van der Waals surface area contributed by atoms with Crippen molar-refractivity contribution >= 4 is 45.6 Å². The summed E-state index contributed by atoms with van der Waals surface area (Å²) < 4.78 is 18.0. The number of nitrogens with zero attached hydrogens (tertiary/aromatic N) is 4. The number of amides is 3. The average Bonchev–Trinajstić information content (AvgIpc) is 3.63. The van der Waals surface area contributed by atoms with Crippen LogP contribution in [0.15, 0.2) is 95.9 Å². The number of carbonyl (C=O) groups is 3. The van der Waals surface area contributed by atoms with Gasteiger partial charge in [0.1, 0.15) is 0 Å². The maximum absolute atomic E-state index is 14.9. The van der Waals surface area contributed by atoms with Gasteiger partial charge < -0.3 is 9.80 Å². The van der Waals surface area contributed by atoms with Crippen molar-refractivity contribution in [2.24, 2.45) is 5.41 Å². The van der Waals surface area contributed by atoms with E-state index in [-0.39, 0.29) is 28.4 Å². The van der Waals surface area contributed by atoms with Crippen LogP contribution >= 0.6 is 0 Å². The van der Waals surface area contributed by atoms with Gasteiger partial charge in [-0.05, 0) is 96.7 Å². The average molecular weight is 856 g/mol. The molecular weight excluding hydrogens is 791 g/mol. The van der Waals surface area contributed by atoms with Crippen molar-refractivity contribution in [1.82, 2.24) is 24.3 Å². The number of allylic oxidation sites excluding steroid dienone is 1. The number of rotatable bonds is 20. The molecule has 1 N–H and O–H groups in total. The zero-order valence-corrected chi connectivity index (χ0v) is 38.5. The number of unbranched alkanes of at least 4 members (excludes halogenated alkanes) is 4. The maximum atomic E-state index is 14.9. The van der Waals surface area contributed by atoms with Crippen LogP contribution in [-0.4, -0.2) is 61.1 Å². The molecule has 1 aromatic heterocycles. The predicted molar refractivity (Wildman–Crippen MR) is 253 cm³/mol. The molecule has 0 radical (unpaired) electrons. The Morgan fingerprint density at radius 1 is 0.806 bits per heavy atom. The zero-order chi connectivity index (χ0) is 44.2. The van der Waals surface area contributed by atoms with E-state index in [2.05, 4.69) is 57.6 Å². The zero-order valence-electron chi connectivity index (χ0n) is 37.7. The highest BCUT2D eigenvalue weighted by Crippen LogP contribution is 2.35. The fourth-order valence-corrected chi connectivity index (χ4v) is 9.19. The van der Waals surface area contributed by atoms with Crippen LogP contribution in [0.2, 0.25) is 0 Å². The highest BCUT2D eigenvalue weighted by atomic mass is 32.2. The van der Waals surface area contributed by atoms with Gasteiger partial charge in [-0.2, -0.15) is 5.10 Å². The minimum Gasteiger partial charge on any atom is -0.337 e. The van der Waals surface area contributed by atoms with Crippen molar-refractivity contribution in [2.75, 3.05) is 19.6 Å². The normalized spacial score (nSPS) is 13.4. The fourth-order valence-electron chi connectivity index (χ4n) is 8.36. The molecule has 0 spiro atoms. The first kappa shape index (κ1) is 46.2. The SMILES string of the molecule is CCCCN(CCCC)C(=O)c1nn(-c2ccc(C(=O)NS(=O)c3ccc4ccccc4c3)cc2C(=O)N2CCc3ccccc3C2)c(C)c1/C=C/C(C)(CCCC)CCCC. The van der Waals surface area contributed by atoms with Gasteiger partial charge in [0.15, 0.2) is 16.7 Å². The lowest BCUT2D eigenvalue weighted by molar-refractivity contribution is 0.0732. The lowest BCUT2D eigenvalue weighted by atomic mass is 9.79. The van der Waals surface area contributed by atoms with Gasteiger partial charge in [0, 0.05) is 43.0 Å². The van der Waals surface area contributed by atoms with Gasteiger partial charge in [0.25, 0.3) is 17.7 Å². The standard InChI is InChI=1S/C52H65N5O4S/c1-7-11-29-52(6,30-12-8-2)31-27-45-38(5)57(53-48(45)51(60)55(32-13-9-3)33-14-10-4)47-26-24-42(36-46(47)50(59)56-34-28-40-20-16-18-22-43(40)37-56)49(58)54-62(61)44-25-23-39-19-15-17-21-41(39)35-44/h15-27,31,35-36H,7-14,28-30,32-34,37H2,1-6H3,(H,54,58)/b31-27+. The molecule has 6 rings (SSSR count). The molecule has 2 heterocycles. The molecule has 0 aliphatic carbocycles. The molecule has 5 aromatic rings. The Hall–Kier alpha value is -5.35. The van der Waals surface area contributed by atoms with Gasteiger partial charge >= 0.3 is 0 Å². The van der Waals surface area contributed by atoms with Crippen LogP contribution in [0, 0.1) is 12.3 Å². The summed E-state index contributed by atoms with van der Waals surface area (Å²) in [6.45, 7) is 15.2. The van der Waals surface area contributed by atoms with Gasteiger partial charge in [0.2, 0.25) is 0 Å². The Bertz CT molecular complexity index is 2400. The quantitative estimate of drug-likeness (QED) is 0.0839. The lowest BCUT2D eigenvalue weighted by Gasteiger charge is -2.29. The first-order chi connectivity index (χ1) is 30.0. The third-order valence-electron chi connectivity index (χ3n) is 12.3. The molecule has 9 nitrogen and oxygen atoms in total. The fraction of sp³-hybridized carbons (Fsp3) is 0.423. The van der Waals surface area contributed by atoms with E-state index in [4.69, 9.17) is 5.10 Å². The summed E-state index contributed by atoms with van der Waals surface area (Å²) in [7, 11) is -1.85. The monoisotopic (exact) mass is 855 g/mol. The molecular formula is C52H65N5O4S. The van der Waals surface area contributed by atoms with E-state index in [9.17, 15) is 18.6 Å². The molecule has 1 aliphatic heterocycles. The Labute approximate surface area is 371 Å². The molecule has 0 saturated carbocycles. The molecule has 0 saturated heterocycles. The second-order valence-electron chi connectivity index (χ2n) is 17.1. The van der Waals surface area contributed by atoms with Crippen molar-refractivity contribution in [1.29, 1.82) is 0 Å². The number of carbonyl (C=O) groups excluding carboxylic acids is 3. The van der Waals surface area contributed by atoms with E-state index < -0.39 is 16.9 Å². The molecule has 3 amide bonds. The third-order valence-corrected chi connectivity index (χ3v) is 13.4. The molecule has 1 aliphatic rings. The van der Waals surface area contributed by atoms with Crippen molar-refractivity contribution in [2.45, 2.75) is 124 Å². The summed E-state index contributed by atoms with van der Waals surface area (Å²) >= 11 is 0. The number of hydrogen-bond acceptors (Lipinski definition) is 5. The van der Waals surface area contributed by atoms with Crippen LogP contribution in [0.3, 0.4) is 0 Å². The Balaban J connectivity index is 1.45. The predicted octanol–water partition coefficient (Wildman–Crippen LogP) is 11.4. The summed E-state index contributed by atoms with van der Waals surface area (Å²) in [5.74, 6) is -0.942. The summed E-state index contributed by atoms with van der Waals surface area (Å²) in [5.41, 5.74) is 5.01. The highest BCUT2D eigenvalue weighted by molar-refractivity contribution is 7.83. The van der Waals surface area contributed by atoms with E-state index in [1.165, 1.54) is 5.56 Å². The second kappa shape index (κ2) is 21.6. The summed E-state index contributed by atoms with van der Waals surface area (Å²) in [6, 6.07) is 26.3. The number of fused-ring (bicyclic) bond motifs is 2. The van der Waals surface area contributed by atoms with E-state index in [0.717, 1.165) is 91.8 Å². The lowest BCUT2D eigenvalue weighted by Crippen LogP contribution is -2.37. The largest absolute Gasteiger partial charge is 0.337 e. The Morgan fingerprint density at radius 2 is 1.45 bits per heavy atom. The van der Waals surface area contributed by atoms with Gasteiger partial charge in [-0.15, -0.1) is 0 Å². The Morgan fingerprint density at radius 3 is 2.13 bits per heavy atom. The van der Waals surface area contributed by atoms with Gasteiger partial charge in [-0.25, -0.2) is 8.89 Å². The number of hydrogen-bond donors (Lipinski definition) is 1. The molecule has 0 fully saturated rings. The number of aromatic nitrogens is 2. The van der Waals surface area contributed by atoms with Gasteiger partial charge in [0.05, 0.1) is 16.1 Å². The summed E-state index contributed by atoms with van der Waals surface area (Å²) in [4.78, 5) is 47.8. The molecule has 62 heavy (non-hydrogen) atoms. The molecule has 4 aromatic carbocycles. The van der Waals surface area contributed by atoms with E-state index in [1.807, 2.05) is 71.3 Å². The van der Waals surface area contributed by atoms with Crippen LogP contribution in [0.1, 0.15) is 152 Å². The van der Waals surface area contributed by atoms with Crippen molar-refractivity contribution < 1.29 is 18.6 Å². The van der Waals surface area contributed by atoms with Crippen LogP contribution < -0.4 is 4.72 Å². The first-order valence-electron chi connectivity index (χ1n) is 22.8. The molecule has 1 atom stereocenters. The highest BCUT2D eigenvalue weighted by Gasteiger charge is 2.30. The van der Waals surface area contributed by atoms with Crippen LogP contribution in [0.25, 0.3) is 22.5 Å². The summed E-state index contributed by atoms with van der Waals surface area (Å²) in [6.07, 6.45) is 15.3. The van der Waals surface area contributed by atoms with Crippen LogP contribution in [0.4, 0.5) is 0 Å². The maximum Gasteiger partial charge on any atom is 0.275 e. The van der Waals surface area contributed by atoms with Crippen LogP contribution in [0.5, 0.6) is 0 Å². The molecule has 10 heteroatoms. The van der Waals surface area contributed by atoms with E-state index >= 15 is 0 Å². The van der Waals surface area contributed by atoms with Gasteiger partial charge in [-0.1, -0.05) is 140 Å². The topological polar surface area (TPSA) is 105 Å². The van der Waals surface area contributed by atoms with E-state index in [1.54, 1.807) is 28.9 Å². The smallest absolute Gasteiger partial charge is 0.275 e. The van der Waals surface area contributed by atoms with Crippen molar-refractivity contribution in [3.8, 4) is 5.69 Å². The van der Waals surface area contributed by atoms with E-state index in [0.29, 0.717) is 48.9 Å². The first-order valence-corrected chi connectivity index (χ1v) is 24.0. The van der Waals surface area contributed by atoms with Gasteiger partial charge in [-0.3, -0.25) is 19.1 Å². The molecule has 328 valence electrons. The minimum atomic E-state index is -1.85. The third kappa shape index (κ3) is 11.0. The summed E-state index contributed by atoms with van der Waals surface area (Å²) in [5, 5.41) is 7.03.